The first kappa shape index (κ1) is 17.7. The van der Waals surface area contributed by atoms with Crippen LogP contribution < -0.4 is 0 Å². The maximum Gasteiger partial charge on any atom is 0.259 e. The van der Waals surface area contributed by atoms with Gasteiger partial charge < -0.3 is 14.4 Å². The summed E-state index contributed by atoms with van der Waals surface area (Å²) in [6.07, 6.45) is 5.59. The second-order valence-corrected chi connectivity index (χ2v) is 7.79. The molecule has 5 heteroatoms. The minimum atomic E-state index is -0.000739. The second kappa shape index (κ2) is 7.24. The van der Waals surface area contributed by atoms with Crippen molar-refractivity contribution in [1.82, 2.24) is 15.0 Å². The number of nitrogens with one attached hydrogen (secondary N) is 1. The molecule has 5 rings (SSSR count). The number of rotatable bonds is 3. The monoisotopic (exact) mass is 385 g/mol. The lowest BCUT2D eigenvalue weighted by atomic mass is 9.89. The third-order valence-corrected chi connectivity index (χ3v) is 5.96. The normalized spacial score (nSPS) is 15.1. The number of nitrogens with zero attached hydrogens (tertiary/aromatic N) is 2. The van der Waals surface area contributed by atoms with Gasteiger partial charge in [-0.3, -0.25) is 4.79 Å². The van der Waals surface area contributed by atoms with Gasteiger partial charge in [0.2, 0.25) is 0 Å². The molecule has 0 unspecified atom stereocenters. The molecule has 1 aliphatic rings. The molecule has 0 spiro atoms. The van der Waals surface area contributed by atoms with Gasteiger partial charge in [-0.25, -0.2) is 0 Å². The number of carbonyl (C=O) groups excluding carboxylic acids is 1. The van der Waals surface area contributed by atoms with E-state index in [2.05, 4.69) is 40.6 Å². The number of carbonyl (C=O) groups is 1. The highest BCUT2D eigenvalue weighted by molar-refractivity contribution is 5.99. The molecule has 0 aliphatic carbocycles. The Bertz CT molecular complexity index is 1150. The number of hydrogen-bond donors (Lipinski definition) is 1. The summed E-state index contributed by atoms with van der Waals surface area (Å²) >= 11 is 0. The Morgan fingerprint density at radius 2 is 1.86 bits per heavy atom. The van der Waals surface area contributed by atoms with Gasteiger partial charge in [0.05, 0.1) is 6.20 Å². The number of aromatic nitrogens is 2. The van der Waals surface area contributed by atoms with E-state index in [1.54, 1.807) is 6.20 Å². The van der Waals surface area contributed by atoms with Crippen molar-refractivity contribution >= 4 is 16.8 Å². The molecular formula is C24H23N3O2. The van der Waals surface area contributed by atoms with E-state index in [1.807, 2.05) is 36.1 Å². The van der Waals surface area contributed by atoms with Gasteiger partial charge in [0.15, 0.2) is 5.76 Å². The van der Waals surface area contributed by atoms with Crippen LogP contribution in [0.1, 0.15) is 40.2 Å². The molecule has 4 aromatic rings. The summed E-state index contributed by atoms with van der Waals surface area (Å²) in [5.41, 5.74) is 5.12. The Hall–Kier alpha value is -3.34. The largest absolute Gasteiger partial charge is 0.361 e. The average molecular weight is 385 g/mol. The summed E-state index contributed by atoms with van der Waals surface area (Å²) in [5.74, 6) is 1.02. The molecular weight excluding hydrogens is 362 g/mol. The Labute approximate surface area is 169 Å². The Morgan fingerprint density at radius 1 is 1.10 bits per heavy atom. The second-order valence-electron chi connectivity index (χ2n) is 7.79. The molecule has 1 fully saturated rings. The van der Waals surface area contributed by atoms with Crippen molar-refractivity contribution in [3.05, 3.63) is 77.6 Å². The molecule has 1 aliphatic heterocycles. The minimum absolute atomic E-state index is 0.000739. The quantitative estimate of drug-likeness (QED) is 0.530. The third kappa shape index (κ3) is 3.23. The van der Waals surface area contributed by atoms with Crippen LogP contribution in [0.25, 0.3) is 22.2 Å². The number of likely N-dealkylation sites (tertiary alicyclic amines) is 1. The van der Waals surface area contributed by atoms with Crippen molar-refractivity contribution in [2.45, 2.75) is 25.7 Å². The molecule has 1 saturated heterocycles. The fourth-order valence-corrected chi connectivity index (χ4v) is 4.30. The lowest BCUT2D eigenvalue weighted by molar-refractivity contribution is 0.0713. The summed E-state index contributed by atoms with van der Waals surface area (Å²) < 4.78 is 5.43. The first-order valence-corrected chi connectivity index (χ1v) is 10.1. The van der Waals surface area contributed by atoms with Gasteiger partial charge in [-0.1, -0.05) is 53.2 Å². The van der Waals surface area contributed by atoms with Crippen molar-refractivity contribution in [1.29, 1.82) is 0 Å². The average Bonchev–Trinajstić information content (AvgIpc) is 3.41. The van der Waals surface area contributed by atoms with Gasteiger partial charge in [0.1, 0.15) is 5.56 Å². The molecule has 1 N–H and O–H groups in total. The fourth-order valence-electron chi connectivity index (χ4n) is 4.30. The Morgan fingerprint density at radius 3 is 2.66 bits per heavy atom. The zero-order valence-corrected chi connectivity index (χ0v) is 16.4. The van der Waals surface area contributed by atoms with Gasteiger partial charge in [-0.15, -0.1) is 0 Å². The minimum Gasteiger partial charge on any atom is -0.361 e. The van der Waals surface area contributed by atoms with Gasteiger partial charge in [0.25, 0.3) is 5.91 Å². The van der Waals surface area contributed by atoms with E-state index < -0.39 is 0 Å². The van der Waals surface area contributed by atoms with Crippen molar-refractivity contribution in [2.24, 2.45) is 0 Å². The van der Waals surface area contributed by atoms with Crippen LogP contribution in [0.3, 0.4) is 0 Å². The summed E-state index contributed by atoms with van der Waals surface area (Å²) in [6.45, 7) is 3.51. The van der Waals surface area contributed by atoms with Crippen LogP contribution in [0.5, 0.6) is 0 Å². The predicted molar refractivity (Wildman–Crippen MR) is 113 cm³/mol. The number of aromatic amines is 1. The topological polar surface area (TPSA) is 62.1 Å². The van der Waals surface area contributed by atoms with E-state index in [4.69, 9.17) is 4.52 Å². The first-order chi connectivity index (χ1) is 14.2. The van der Waals surface area contributed by atoms with Gasteiger partial charge >= 0.3 is 0 Å². The van der Waals surface area contributed by atoms with Crippen molar-refractivity contribution in [3.8, 4) is 11.3 Å². The van der Waals surface area contributed by atoms with Crippen LogP contribution in [0.2, 0.25) is 0 Å². The van der Waals surface area contributed by atoms with E-state index in [1.165, 1.54) is 22.0 Å². The first-order valence-electron chi connectivity index (χ1n) is 10.1. The van der Waals surface area contributed by atoms with Crippen LogP contribution in [-0.2, 0) is 0 Å². The van der Waals surface area contributed by atoms with Gasteiger partial charge in [-0.05, 0) is 37.3 Å². The zero-order valence-electron chi connectivity index (χ0n) is 16.4. The molecule has 3 heterocycles. The molecule has 0 radical (unpaired) electrons. The number of para-hydroxylation sites is 1. The smallest absolute Gasteiger partial charge is 0.259 e. The SMILES string of the molecule is Cc1ccc(-c2oncc2C(=O)N2CCC(c3c[nH]c4ccccc34)CC2)cc1. The summed E-state index contributed by atoms with van der Waals surface area (Å²) in [6, 6.07) is 16.4. The molecule has 2 aromatic heterocycles. The van der Waals surface area contributed by atoms with Gasteiger partial charge in [-0.2, -0.15) is 0 Å². The molecule has 5 nitrogen and oxygen atoms in total. The standard InChI is InChI=1S/C24H23N3O2/c1-16-6-8-18(9-7-16)23-21(15-26-29-23)24(28)27-12-10-17(11-13-27)20-14-25-22-5-3-2-4-19(20)22/h2-9,14-15,17,25H,10-13H2,1H3. The van der Waals surface area contributed by atoms with Crippen molar-refractivity contribution in [3.63, 3.8) is 0 Å². The van der Waals surface area contributed by atoms with E-state index in [0.717, 1.165) is 31.5 Å². The summed E-state index contributed by atoms with van der Waals surface area (Å²) in [5, 5.41) is 5.19. The van der Waals surface area contributed by atoms with E-state index in [-0.39, 0.29) is 5.91 Å². The van der Waals surface area contributed by atoms with Gasteiger partial charge in [0, 0.05) is 35.8 Å². The van der Waals surface area contributed by atoms with Crippen molar-refractivity contribution < 1.29 is 9.32 Å². The highest BCUT2D eigenvalue weighted by Crippen LogP contribution is 2.34. The number of H-pyrrole nitrogens is 1. The summed E-state index contributed by atoms with van der Waals surface area (Å²) in [4.78, 5) is 18.4. The predicted octanol–water partition coefficient (Wildman–Crippen LogP) is 5.15. The zero-order chi connectivity index (χ0) is 19.8. The van der Waals surface area contributed by atoms with Crippen LogP contribution in [0.15, 0.2) is 65.4 Å². The molecule has 0 atom stereocenters. The molecule has 29 heavy (non-hydrogen) atoms. The Balaban J connectivity index is 1.32. The highest BCUT2D eigenvalue weighted by atomic mass is 16.5. The third-order valence-electron chi connectivity index (χ3n) is 5.96. The van der Waals surface area contributed by atoms with Crippen LogP contribution in [0, 0.1) is 6.92 Å². The number of hydrogen-bond acceptors (Lipinski definition) is 3. The summed E-state index contributed by atoms with van der Waals surface area (Å²) in [7, 11) is 0. The highest BCUT2D eigenvalue weighted by Gasteiger charge is 2.28. The lowest BCUT2D eigenvalue weighted by Gasteiger charge is -2.31. The maximum absolute atomic E-state index is 13.1. The van der Waals surface area contributed by atoms with Crippen LogP contribution in [-0.4, -0.2) is 34.0 Å². The lowest BCUT2D eigenvalue weighted by Crippen LogP contribution is -2.37. The number of benzene rings is 2. The number of fused-ring (bicyclic) bond motifs is 1. The van der Waals surface area contributed by atoms with Crippen LogP contribution >= 0.6 is 0 Å². The fraction of sp³-hybridized carbons (Fsp3) is 0.250. The molecule has 0 saturated carbocycles. The number of piperidine rings is 1. The molecule has 146 valence electrons. The van der Waals surface area contributed by atoms with E-state index in [0.29, 0.717) is 17.2 Å². The van der Waals surface area contributed by atoms with Crippen LogP contribution in [0.4, 0.5) is 0 Å². The molecule has 2 aromatic carbocycles. The Kier molecular flexibility index (Phi) is 4.43. The van der Waals surface area contributed by atoms with E-state index in [9.17, 15) is 4.79 Å². The molecule has 0 bridgehead atoms. The number of aryl methyl sites for hydroxylation is 1. The van der Waals surface area contributed by atoms with E-state index >= 15 is 0 Å². The van der Waals surface area contributed by atoms with Crippen molar-refractivity contribution in [2.75, 3.05) is 13.1 Å². The molecule has 1 amide bonds. The maximum atomic E-state index is 13.1. The number of amides is 1.